The van der Waals surface area contributed by atoms with Crippen LogP contribution in [0.15, 0.2) is 37.1 Å². The predicted molar refractivity (Wildman–Crippen MR) is 30.3 cm³/mol. The maximum atomic E-state index is 10.5. The minimum Gasteiger partial charge on any atom is -0.871 e. The maximum absolute atomic E-state index is 10.5. The number of hydrogen-bond acceptors (Lipinski definition) is 3. The fraction of sp³-hybridized carbons (Fsp3) is 0. The van der Waals surface area contributed by atoms with Crippen molar-refractivity contribution in [2.75, 3.05) is 0 Å². The zero-order valence-corrected chi connectivity index (χ0v) is 4.78. The number of allylic oxidation sites excluding steroid dienone is 1. The Morgan fingerprint density at radius 3 is 3.00 bits per heavy atom. The van der Waals surface area contributed by atoms with E-state index >= 15 is 0 Å². The van der Waals surface area contributed by atoms with E-state index in [1.54, 1.807) is 0 Å². The third-order valence-corrected chi connectivity index (χ3v) is 0.849. The highest BCUT2D eigenvalue weighted by Crippen LogP contribution is 2.02. The lowest BCUT2D eigenvalue weighted by Crippen LogP contribution is -2.15. The number of nitrogens with zero attached hydrogens (tertiary/aromatic N) is 1. The van der Waals surface area contributed by atoms with Gasteiger partial charge in [-0.2, -0.15) is 5.06 Å². The van der Waals surface area contributed by atoms with Gasteiger partial charge in [0.2, 0.25) is 0 Å². The van der Waals surface area contributed by atoms with E-state index in [0.29, 0.717) is 0 Å². The first-order valence-electron chi connectivity index (χ1n) is 2.46. The standard InChI is InChI=1S/C6H7NO2/c1-2-7-5-6(8)3-4-9-7/h2-5,8H,1H2/p-1. The smallest absolute Gasteiger partial charge is 0.119 e. The van der Waals surface area contributed by atoms with E-state index in [9.17, 15) is 5.11 Å². The average Bonchev–Trinajstić information content (AvgIpc) is 1.88. The minimum atomic E-state index is -0.0962. The van der Waals surface area contributed by atoms with Crippen molar-refractivity contribution >= 4 is 0 Å². The molecule has 0 aromatic heterocycles. The summed E-state index contributed by atoms with van der Waals surface area (Å²) in [6, 6.07) is 0. The van der Waals surface area contributed by atoms with Gasteiger partial charge >= 0.3 is 0 Å². The lowest BCUT2D eigenvalue weighted by atomic mass is 10.5. The van der Waals surface area contributed by atoms with Crippen molar-refractivity contribution in [2.45, 2.75) is 0 Å². The zero-order valence-electron chi connectivity index (χ0n) is 4.78. The second-order valence-electron chi connectivity index (χ2n) is 1.48. The Labute approximate surface area is 53.1 Å². The molecule has 0 atom stereocenters. The van der Waals surface area contributed by atoms with Crippen LogP contribution >= 0.6 is 0 Å². The zero-order chi connectivity index (χ0) is 6.69. The Morgan fingerprint density at radius 2 is 2.56 bits per heavy atom. The van der Waals surface area contributed by atoms with E-state index in [1.807, 2.05) is 0 Å². The summed E-state index contributed by atoms with van der Waals surface area (Å²) in [7, 11) is 0. The molecule has 9 heavy (non-hydrogen) atoms. The summed E-state index contributed by atoms with van der Waals surface area (Å²) < 4.78 is 0. The van der Waals surface area contributed by atoms with Gasteiger partial charge in [0.05, 0.1) is 0 Å². The van der Waals surface area contributed by atoms with Crippen molar-refractivity contribution in [3.8, 4) is 0 Å². The Bertz CT molecular complexity index is 172. The van der Waals surface area contributed by atoms with E-state index < -0.39 is 0 Å². The van der Waals surface area contributed by atoms with Gasteiger partial charge in [-0.25, -0.2) is 0 Å². The second-order valence-corrected chi connectivity index (χ2v) is 1.48. The molecular formula is C6H6NO2-. The van der Waals surface area contributed by atoms with E-state index in [1.165, 1.54) is 29.8 Å². The summed E-state index contributed by atoms with van der Waals surface area (Å²) in [5.41, 5.74) is 0. The monoisotopic (exact) mass is 124 g/mol. The molecule has 0 aromatic carbocycles. The molecular weight excluding hydrogens is 118 g/mol. The molecule has 0 radical (unpaired) electrons. The van der Waals surface area contributed by atoms with Gasteiger partial charge < -0.3 is 9.94 Å². The summed E-state index contributed by atoms with van der Waals surface area (Å²) in [6.45, 7) is 3.40. The molecule has 48 valence electrons. The minimum absolute atomic E-state index is 0.0962. The third-order valence-electron chi connectivity index (χ3n) is 0.849. The van der Waals surface area contributed by atoms with Gasteiger partial charge in [0.1, 0.15) is 6.26 Å². The van der Waals surface area contributed by atoms with E-state index in [0.717, 1.165) is 0 Å². The molecule has 1 rings (SSSR count). The van der Waals surface area contributed by atoms with Crippen molar-refractivity contribution in [2.24, 2.45) is 0 Å². The van der Waals surface area contributed by atoms with Gasteiger partial charge in [-0.15, -0.1) is 0 Å². The van der Waals surface area contributed by atoms with Crippen LogP contribution in [0.2, 0.25) is 0 Å². The summed E-state index contributed by atoms with van der Waals surface area (Å²) in [6.07, 6.45) is 5.35. The van der Waals surface area contributed by atoms with Crippen LogP contribution in [0.25, 0.3) is 0 Å². The Balaban J connectivity index is 2.65. The molecule has 0 spiro atoms. The fourth-order valence-corrected chi connectivity index (χ4v) is 0.462. The van der Waals surface area contributed by atoms with Gasteiger partial charge in [0.25, 0.3) is 0 Å². The molecule has 1 aliphatic heterocycles. The van der Waals surface area contributed by atoms with Gasteiger partial charge in [0.15, 0.2) is 0 Å². The molecule has 1 aliphatic rings. The van der Waals surface area contributed by atoms with Crippen LogP contribution in [0.1, 0.15) is 0 Å². The van der Waals surface area contributed by atoms with Crippen molar-refractivity contribution in [1.29, 1.82) is 0 Å². The van der Waals surface area contributed by atoms with Gasteiger partial charge in [0, 0.05) is 12.4 Å². The van der Waals surface area contributed by atoms with Crippen LogP contribution < -0.4 is 5.11 Å². The summed E-state index contributed by atoms with van der Waals surface area (Å²) in [5, 5.41) is 11.8. The molecule has 0 unspecified atom stereocenters. The van der Waals surface area contributed by atoms with E-state index in [4.69, 9.17) is 4.84 Å². The molecule has 0 bridgehead atoms. The van der Waals surface area contributed by atoms with E-state index in [-0.39, 0.29) is 5.76 Å². The molecule has 3 nitrogen and oxygen atoms in total. The van der Waals surface area contributed by atoms with Gasteiger partial charge in [-0.3, -0.25) is 0 Å². The molecule has 1 heterocycles. The molecule has 3 heteroatoms. The normalized spacial score (nSPS) is 16.4. The average molecular weight is 124 g/mol. The Morgan fingerprint density at radius 1 is 1.78 bits per heavy atom. The van der Waals surface area contributed by atoms with Gasteiger partial charge in [-0.05, 0) is 6.08 Å². The maximum Gasteiger partial charge on any atom is 0.119 e. The van der Waals surface area contributed by atoms with Crippen molar-refractivity contribution in [1.82, 2.24) is 5.06 Å². The highest BCUT2D eigenvalue weighted by molar-refractivity contribution is 5.09. The number of rotatable bonds is 1. The molecule has 0 saturated carbocycles. The lowest BCUT2D eigenvalue weighted by Gasteiger charge is -2.20. The van der Waals surface area contributed by atoms with Crippen LogP contribution in [-0.4, -0.2) is 5.06 Å². The van der Waals surface area contributed by atoms with Crippen LogP contribution in [0.4, 0.5) is 0 Å². The Kier molecular flexibility index (Phi) is 1.44. The second kappa shape index (κ2) is 2.26. The predicted octanol–water partition coefficient (Wildman–Crippen LogP) is 0.0925. The summed E-state index contributed by atoms with van der Waals surface area (Å²) >= 11 is 0. The molecule has 0 amide bonds. The fourth-order valence-electron chi connectivity index (χ4n) is 0.462. The highest BCUT2D eigenvalue weighted by atomic mass is 16.7. The SMILES string of the molecule is C=CN1C=C([O-])C=CO1. The quantitative estimate of drug-likeness (QED) is 0.497. The first-order valence-corrected chi connectivity index (χ1v) is 2.46. The van der Waals surface area contributed by atoms with Crippen molar-refractivity contribution in [3.63, 3.8) is 0 Å². The largest absolute Gasteiger partial charge is 0.871 e. The number of hydroxylamine groups is 2. The first-order chi connectivity index (χ1) is 4.33. The Hall–Kier alpha value is -1.38. The molecule has 0 aromatic rings. The van der Waals surface area contributed by atoms with E-state index in [2.05, 4.69) is 6.58 Å². The molecule has 0 fully saturated rings. The molecule has 0 saturated heterocycles. The topological polar surface area (TPSA) is 35.5 Å². The van der Waals surface area contributed by atoms with Crippen LogP contribution in [0.3, 0.4) is 0 Å². The molecule has 0 aliphatic carbocycles. The summed E-state index contributed by atoms with van der Waals surface area (Å²) in [4.78, 5) is 4.76. The van der Waals surface area contributed by atoms with Crippen LogP contribution in [0, 0.1) is 0 Å². The van der Waals surface area contributed by atoms with Crippen LogP contribution in [0.5, 0.6) is 0 Å². The number of hydrogen-bond donors (Lipinski definition) is 0. The van der Waals surface area contributed by atoms with Crippen LogP contribution in [-0.2, 0) is 4.84 Å². The van der Waals surface area contributed by atoms with Crippen molar-refractivity contribution < 1.29 is 9.94 Å². The highest BCUT2D eigenvalue weighted by Gasteiger charge is 1.92. The van der Waals surface area contributed by atoms with Gasteiger partial charge in [-0.1, -0.05) is 12.3 Å². The van der Waals surface area contributed by atoms with Crippen molar-refractivity contribution in [3.05, 3.63) is 37.1 Å². The lowest BCUT2D eigenvalue weighted by molar-refractivity contribution is -0.300. The molecule has 0 N–H and O–H groups in total. The summed E-state index contributed by atoms with van der Waals surface area (Å²) in [5.74, 6) is -0.0962. The first kappa shape index (κ1) is 5.75. The third kappa shape index (κ3) is 1.25.